The molecule has 0 saturated carbocycles. The minimum absolute atomic E-state index is 0.197. The normalized spacial score (nSPS) is 21.1. The van der Waals surface area contributed by atoms with E-state index in [1.165, 1.54) is 0 Å². The molecule has 2 aliphatic rings. The van der Waals surface area contributed by atoms with Crippen LogP contribution in [-0.4, -0.2) is 55.7 Å². The molecule has 0 aliphatic carbocycles. The number of nitrogens with one attached hydrogen (secondary N) is 2. The third-order valence-electron chi connectivity index (χ3n) is 4.77. The van der Waals surface area contributed by atoms with E-state index in [4.69, 9.17) is 14.2 Å². The zero-order valence-electron chi connectivity index (χ0n) is 17.1. The SMILES string of the molecule is CCOC(=O)C1=C(COC(=O)c2ccccc2SC[C@@H]2CCCO2)NC(=O)N[C@H]1C. The average Bonchev–Trinajstić information content (AvgIpc) is 3.24. The number of hydrogen-bond donors (Lipinski definition) is 2. The third-order valence-corrected chi connectivity index (χ3v) is 5.97. The molecule has 1 saturated heterocycles. The first-order valence-electron chi connectivity index (χ1n) is 9.97. The van der Waals surface area contributed by atoms with Gasteiger partial charge in [0.05, 0.1) is 35.6 Å². The van der Waals surface area contributed by atoms with Gasteiger partial charge in [-0.2, -0.15) is 0 Å². The number of carbonyl (C=O) groups excluding carboxylic acids is 3. The fourth-order valence-electron chi connectivity index (χ4n) is 3.33. The fourth-order valence-corrected chi connectivity index (χ4v) is 4.44. The number of urea groups is 1. The summed E-state index contributed by atoms with van der Waals surface area (Å²) in [5, 5.41) is 5.16. The molecule has 0 unspecified atom stereocenters. The van der Waals surface area contributed by atoms with Crippen LogP contribution in [0.15, 0.2) is 40.4 Å². The molecule has 0 radical (unpaired) electrons. The Morgan fingerprint density at radius 3 is 2.77 bits per heavy atom. The Morgan fingerprint density at radius 1 is 1.23 bits per heavy atom. The zero-order chi connectivity index (χ0) is 21.5. The lowest BCUT2D eigenvalue weighted by atomic mass is 10.0. The predicted molar refractivity (Wildman–Crippen MR) is 111 cm³/mol. The Labute approximate surface area is 179 Å². The van der Waals surface area contributed by atoms with Gasteiger partial charge in [-0.05, 0) is 38.8 Å². The number of benzene rings is 1. The first-order chi connectivity index (χ1) is 14.5. The van der Waals surface area contributed by atoms with Crippen molar-refractivity contribution < 1.29 is 28.6 Å². The summed E-state index contributed by atoms with van der Waals surface area (Å²) in [5.41, 5.74) is 0.903. The van der Waals surface area contributed by atoms with Crippen LogP contribution in [0.1, 0.15) is 37.0 Å². The van der Waals surface area contributed by atoms with Crippen LogP contribution in [-0.2, 0) is 19.0 Å². The van der Waals surface area contributed by atoms with E-state index in [0.717, 1.165) is 30.1 Å². The molecule has 2 aliphatic heterocycles. The van der Waals surface area contributed by atoms with Crippen molar-refractivity contribution in [2.75, 3.05) is 25.6 Å². The highest BCUT2D eigenvalue weighted by atomic mass is 32.2. The molecule has 3 rings (SSSR count). The lowest BCUT2D eigenvalue weighted by molar-refractivity contribution is -0.139. The standard InChI is InChI=1S/C21H26N2O6S/c1-3-27-20(25)18-13(2)22-21(26)23-16(18)11-29-19(24)15-8-4-5-9-17(15)30-12-14-7-6-10-28-14/h4-5,8-9,13-14H,3,6-7,10-12H2,1-2H3,(H2,22,23,26)/t13-,14-/m0/s1. The van der Waals surface area contributed by atoms with Gasteiger partial charge in [-0.1, -0.05) is 12.1 Å². The molecule has 2 N–H and O–H groups in total. The van der Waals surface area contributed by atoms with Crippen molar-refractivity contribution in [1.82, 2.24) is 10.6 Å². The Balaban J connectivity index is 1.70. The number of ether oxygens (including phenoxy) is 3. The lowest BCUT2D eigenvalue weighted by Crippen LogP contribution is -2.50. The van der Waals surface area contributed by atoms with Gasteiger partial charge in [-0.15, -0.1) is 11.8 Å². The number of carbonyl (C=O) groups is 3. The smallest absolute Gasteiger partial charge is 0.339 e. The third kappa shape index (κ3) is 5.54. The van der Waals surface area contributed by atoms with Gasteiger partial charge in [0.25, 0.3) is 0 Å². The minimum atomic E-state index is -0.559. The highest BCUT2D eigenvalue weighted by Gasteiger charge is 2.30. The van der Waals surface area contributed by atoms with Crippen molar-refractivity contribution in [2.24, 2.45) is 0 Å². The first kappa shape index (κ1) is 22.2. The van der Waals surface area contributed by atoms with Gasteiger partial charge in [-0.3, -0.25) is 0 Å². The minimum Gasteiger partial charge on any atom is -0.463 e. The highest BCUT2D eigenvalue weighted by molar-refractivity contribution is 7.99. The van der Waals surface area contributed by atoms with Crippen molar-refractivity contribution in [3.63, 3.8) is 0 Å². The number of amides is 2. The van der Waals surface area contributed by atoms with Crippen LogP contribution >= 0.6 is 11.8 Å². The van der Waals surface area contributed by atoms with Gasteiger partial charge >= 0.3 is 18.0 Å². The van der Waals surface area contributed by atoms with Gasteiger partial charge in [0.1, 0.15) is 6.61 Å². The maximum Gasteiger partial charge on any atom is 0.339 e. The van der Waals surface area contributed by atoms with E-state index in [0.29, 0.717) is 5.56 Å². The van der Waals surface area contributed by atoms with Crippen molar-refractivity contribution in [3.05, 3.63) is 41.1 Å². The maximum atomic E-state index is 12.7. The molecule has 2 heterocycles. The second-order valence-electron chi connectivity index (χ2n) is 6.95. The van der Waals surface area contributed by atoms with Crippen LogP contribution in [0.5, 0.6) is 0 Å². The Morgan fingerprint density at radius 2 is 2.03 bits per heavy atom. The van der Waals surface area contributed by atoms with E-state index in [1.807, 2.05) is 12.1 Å². The maximum absolute atomic E-state index is 12.7. The van der Waals surface area contributed by atoms with Crippen molar-refractivity contribution >= 4 is 29.7 Å². The Kier molecular flexibility index (Phi) is 7.75. The van der Waals surface area contributed by atoms with Crippen molar-refractivity contribution in [1.29, 1.82) is 0 Å². The molecule has 1 aromatic carbocycles. The van der Waals surface area contributed by atoms with E-state index in [9.17, 15) is 14.4 Å². The van der Waals surface area contributed by atoms with Crippen LogP contribution in [0.3, 0.4) is 0 Å². The molecule has 2 amide bonds. The van der Waals surface area contributed by atoms with Crippen molar-refractivity contribution in [3.8, 4) is 0 Å². The van der Waals surface area contributed by atoms with Crippen molar-refractivity contribution in [2.45, 2.75) is 43.7 Å². The molecule has 2 atom stereocenters. The summed E-state index contributed by atoms with van der Waals surface area (Å²) in [7, 11) is 0. The van der Waals surface area contributed by atoms with Crippen LogP contribution in [0, 0.1) is 0 Å². The zero-order valence-corrected chi connectivity index (χ0v) is 17.9. The topological polar surface area (TPSA) is 103 Å². The molecule has 9 heteroatoms. The summed E-state index contributed by atoms with van der Waals surface area (Å²) < 4.78 is 16.2. The molecule has 8 nitrogen and oxygen atoms in total. The summed E-state index contributed by atoms with van der Waals surface area (Å²) in [6.45, 7) is 4.11. The Bertz CT molecular complexity index is 835. The largest absolute Gasteiger partial charge is 0.463 e. The number of rotatable bonds is 8. The molecule has 0 aromatic heterocycles. The molecule has 1 aromatic rings. The van der Waals surface area contributed by atoms with Gasteiger partial charge in [-0.25, -0.2) is 14.4 Å². The van der Waals surface area contributed by atoms with Crippen LogP contribution in [0.4, 0.5) is 4.79 Å². The molecular formula is C21H26N2O6S. The monoisotopic (exact) mass is 434 g/mol. The summed E-state index contributed by atoms with van der Waals surface area (Å²) in [4.78, 5) is 37.6. The quantitative estimate of drug-likeness (QED) is 0.479. The first-order valence-corrected chi connectivity index (χ1v) is 11.0. The summed E-state index contributed by atoms with van der Waals surface area (Å²) in [6.07, 6.45) is 2.28. The van der Waals surface area contributed by atoms with Gasteiger partial charge in [0.2, 0.25) is 0 Å². The Hall–Kier alpha value is -2.52. The van der Waals surface area contributed by atoms with Gasteiger partial charge in [0.15, 0.2) is 0 Å². The average molecular weight is 435 g/mol. The summed E-state index contributed by atoms with van der Waals surface area (Å²) in [6, 6.07) is 6.18. The molecule has 0 spiro atoms. The van der Waals surface area contributed by atoms with E-state index in [2.05, 4.69) is 10.6 Å². The van der Waals surface area contributed by atoms with E-state index < -0.39 is 24.0 Å². The summed E-state index contributed by atoms with van der Waals surface area (Å²) >= 11 is 1.56. The van der Waals surface area contributed by atoms with Gasteiger partial charge in [0, 0.05) is 17.3 Å². The fraction of sp³-hybridized carbons (Fsp3) is 0.476. The second-order valence-corrected chi connectivity index (χ2v) is 8.01. The molecule has 1 fully saturated rings. The number of esters is 2. The van der Waals surface area contributed by atoms with E-state index in [-0.39, 0.29) is 30.6 Å². The molecule has 30 heavy (non-hydrogen) atoms. The predicted octanol–water partition coefficient (Wildman–Crippen LogP) is 2.63. The molecule has 0 bridgehead atoms. The lowest BCUT2D eigenvalue weighted by Gasteiger charge is -2.26. The van der Waals surface area contributed by atoms with E-state index >= 15 is 0 Å². The second kappa shape index (κ2) is 10.5. The summed E-state index contributed by atoms with van der Waals surface area (Å²) in [5.74, 6) is -0.320. The van der Waals surface area contributed by atoms with Gasteiger partial charge < -0.3 is 24.8 Å². The molecule has 162 valence electrons. The van der Waals surface area contributed by atoms with E-state index in [1.54, 1.807) is 37.7 Å². The van der Waals surface area contributed by atoms with Crippen LogP contribution in [0.2, 0.25) is 0 Å². The van der Waals surface area contributed by atoms with Crippen LogP contribution < -0.4 is 10.6 Å². The van der Waals surface area contributed by atoms with Crippen LogP contribution in [0.25, 0.3) is 0 Å². The highest BCUT2D eigenvalue weighted by Crippen LogP contribution is 2.27. The number of thioether (sulfide) groups is 1. The molecular weight excluding hydrogens is 408 g/mol. The number of hydrogen-bond acceptors (Lipinski definition) is 7.